The van der Waals surface area contributed by atoms with Crippen LogP contribution in [0.25, 0.3) is 21.8 Å². The van der Waals surface area contributed by atoms with Gasteiger partial charge in [0, 0.05) is 17.7 Å². The van der Waals surface area contributed by atoms with Gasteiger partial charge in [0.2, 0.25) is 11.0 Å². The number of nitrogens with zero attached hydrogens (tertiary/aromatic N) is 1. The molecule has 1 heterocycles. The summed E-state index contributed by atoms with van der Waals surface area (Å²) in [4.78, 5) is 11.4. The van der Waals surface area contributed by atoms with Crippen molar-refractivity contribution in [2.24, 2.45) is 7.05 Å². The van der Waals surface area contributed by atoms with Gasteiger partial charge in [-0.15, -0.1) is 0 Å². The molecule has 0 atom stereocenters. The number of carboxylic acid groups (broad SMARTS) is 1. The molecule has 2 aromatic carbocycles. The van der Waals surface area contributed by atoms with Crippen LogP contribution < -0.4 is 9.67 Å². The maximum absolute atomic E-state index is 11.4. The molecule has 26 heavy (non-hydrogen) atoms. The lowest BCUT2D eigenvalue weighted by Gasteiger charge is -2.10. The molecule has 0 saturated carbocycles. The van der Waals surface area contributed by atoms with Crippen LogP contribution in [0.1, 0.15) is 10.4 Å². The summed E-state index contributed by atoms with van der Waals surface area (Å²) in [6.07, 6.45) is 0. The van der Waals surface area contributed by atoms with Crippen LogP contribution in [-0.4, -0.2) is 24.4 Å². The van der Waals surface area contributed by atoms with E-state index in [2.05, 4.69) is 0 Å². The van der Waals surface area contributed by atoms with E-state index in [-0.39, 0.29) is 5.56 Å². The normalized spacial score (nSPS) is 11.9. The largest absolute Gasteiger partial charge is 0.741 e. The molecule has 3 aromatic rings. The Balaban J connectivity index is 0.000000260. The number of fused-ring (bicyclic) bond motifs is 2. The number of hydrogen-bond donors (Lipinski definition) is 0. The number of aryl methyl sites for hydroxylation is 1. The lowest BCUT2D eigenvalue weighted by Crippen LogP contribution is -2.33. The SMILES string of the molecule is C[n+]1c2ccccc2c(C(=O)[O-])c2ccccc21.O=S(=O)([O-])C(F)(F)F. The highest BCUT2D eigenvalue weighted by Crippen LogP contribution is 2.23. The summed E-state index contributed by atoms with van der Waals surface area (Å²) in [6, 6.07) is 14.9. The molecule has 138 valence electrons. The summed E-state index contributed by atoms with van der Waals surface area (Å²) >= 11 is 0. The molecule has 1 aromatic heterocycles. The Bertz CT molecular complexity index is 1040. The van der Waals surface area contributed by atoms with Gasteiger partial charge in [0.15, 0.2) is 10.1 Å². The van der Waals surface area contributed by atoms with Gasteiger partial charge in [-0.3, -0.25) is 0 Å². The highest BCUT2D eigenvalue weighted by atomic mass is 32.2. The van der Waals surface area contributed by atoms with Gasteiger partial charge in [-0.1, -0.05) is 24.3 Å². The van der Waals surface area contributed by atoms with Gasteiger partial charge in [0.05, 0.1) is 16.7 Å². The lowest BCUT2D eigenvalue weighted by molar-refractivity contribution is -0.617. The number of alkyl halides is 3. The maximum atomic E-state index is 11.4. The van der Waals surface area contributed by atoms with Crippen LogP contribution in [0, 0.1) is 0 Å². The van der Waals surface area contributed by atoms with Crippen molar-refractivity contribution in [2.75, 3.05) is 0 Å². The molecule has 10 heteroatoms. The highest BCUT2D eigenvalue weighted by molar-refractivity contribution is 7.86. The van der Waals surface area contributed by atoms with Crippen molar-refractivity contribution >= 4 is 37.9 Å². The summed E-state index contributed by atoms with van der Waals surface area (Å²) in [5.74, 6) is -1.14. The smallest absolute Gasteiger partial charge is 0.485 e. The van der Waals surface area contributed by atoms with Crippen molar-refractivity contribution in [1.82, 2.24) is 0 Å². The van der Waals surface area contributed by atoms with Crippen LogP contribution in [0.15, 0.2) is 48.5 Å². The molecular weight excluding hydrogens is 375 g/mol. The number of para-hydroxylation sites is 2. The second-order valence-electron chi connectivity index (χ2n) is 5.16. The fourth-order valence-electron chi connectivity index (χ4n) is 2.45. The summed E-state index contributed by atoms with van der Waals surface area (Å²) < 4.78 is 60.9. The summed E-state index contributed by atoms with van der Waals surface area (Å²) in [6.45, 7) is 0. The number of hydrogen-bond acceptors (Lipinski definition) is 5. The van der Waals surface area contributed by atoms with Crippen LogP contribution in [0.4, 0.5) is 13.2 Å². The molecule has 0 radical (unpaired) electrons. The van der Waals surface area contributed by atoms with Crippen LogP contribution in [-0.2, 0) is 17.2 Å². The van der Waals surface area contributed by atoms with E-state index in [1.165, 1.54) is 0 Å². The molecule has 0 N–H and O–H groups in total. The molecule has 0 unspecified atom stereocenters. The molecule has 0 fully saturated rings. The third-order valence-electron chi connectivity index (χ3n) is 3.56. The van der Waals surface area contributed by atoms with Gasteiger partial charge >= 0.3 is 5.51 Å². The van der Waals surface area contributed by atoms with Crippen molar-refractivity contribution in [1.29, 1.82) is 0 Å². The summed E-state index contributed by atoms with van der Waals surface area (Å²) in [7, 11) is -4.16. The van der Waals surface area contributed by atoms with E-state index >= 15 is 0 Å². The van der Waals surface area contributed by atoms with Gasteiger partial charge in [0.1, 0.15) is 7.05 Å². The molecule has 0 amide bonds. The topological polar surface area (TPSA) is 101 Å². The number of carboxylic acids is 1. The van der Waals surface area contributed by atoms with Gasteiger partial charge in [-0.05, 0) is 12.1 Å². The Hall–Kier alpha value is -2.72. The monoisotopic (exact) mass is 386 g/mol. The van der Waals surface area contributed by atoms with Crippen LogP contribution in [0.5, 0.6) is 0 Å². The Kier molecular flexibility index (Phi) is 5.19. The third kappa shape index (κ3) is 3.75. The standard InChI is InChI=1S/C15H11NO2.CHF3O3S/c1-16-12-8-4-2-6-10(12)14(15(17)18)11-7-3-5-9-13(11)16;2-1(3,4)8(5,6)7/h2-9H,1H3;(H,5,6,7)/p-1. The minimum Gasteiger partial charge on any atom is -0.741 e. The number of pyridine rings is 1. The maximum Gasteiger partial charge on any atom is 0.485 e. The number of benzene rings is 2. The van der Waals surface area contributed by atoms with Gasteiger partial charge in [-0.2, -0.15) is 17.7 Å². The zero-order valence-corrected chi connectivity index (χ0v) is 14.0. The Morgan fingerprint density at radius 2 is 1.31 bits per heavy atom. The molecule has 0 saturated heterocycles. The molecule has 3 rings (SSSR count). The average molecular weight is 386 g/mol. The van der Waals surface area contributed by atoms with Crippen molar-refractivity contribution in [3.63, 3.8) is 0 Å². The number of carbonyl (C=O) groups excluding carboxylic acids is 1. The Morgan fingerprint density at radius 3 is 1.62 bits per heavy atom. The quantitative estimate of drug-likeness (QED) is 0.271. The minimum atomic E-state index is -6.09. The van der Waals surface area contributed by atoms with Gasteiger partial charge in [0.25, 0.3) is 0 Å². The van der Waals surface area contributed by atoms with E-state index < -0.39 is 21.6 Å². The predicted molar refractivity (Wildman–Crippen MR) is 82.7 cm³/mol. The lowest BCUT2D eigenvalue weighted by atomic mass is 10.0. The van der Waals surface area contributed by atoms with Gasteiger partial charge in [-0.25, -0.2) is 8.42 Å². The zero-order valence-electron chi connectivity index (χ0n) is 13.1. The molecular formula is C16H11F3NO5S-. The van der Waals surface area contributed by atoms with Crippen LogP contribution >= 0.6 is 0 Å². The zero-order chi connectivity index (χ0) is 19.7. The fourth-order valence-corrected chi connectivity index (χ4v) is 2.45. The first-order chi connectivity index (χ1) is 11.9. The van der Waals surface area contributed by atoms with Gasteiger partial charge < -0.3 is 14.5 Å². The number of halogens is 3. The first-order valence-corrected chi connectivity index (χ1v) is 8.39. The second kappa shape index (κ2) is 6.89. The number of rotatable bonds is 1. The fraction of sp³-hybridized carbons (Fsp3) is 0.125. The first kappa shape index (κ1) is 19.6. The molecule has 0 aliphatic carbocycles. The Labute approximate surface area is 145 Å². The third-order valence-corrected chi connectivity index (χ3v) is 4.12. The van der Waals surface area contributed by atoms with E-state index in [0.29, 0.717) is 10.8 Å². The Morgan fingerprint density at radius 1 is 0.962 bits per heavy atom. The average Bonchev–Trinajstić information content (AvgIpc) is 2.54. The van der Waals surface area contributed by atoms with E-state index in [9.17, 15) is 23.1 Å². The van der Waals surface area contributed by atoms with E-state index in [0.717, 1.165) is 11.0 Å². The molecule has 0 spiro atoms. The summed E-state index contributed by atoms with van der Waals surface area (Å²) in [5, 5.41) is 12.8. The van der Waals surface area contributed by atoms with Crippen molar-refractivity contribution in [2.45, 2.75) is 5.51 Å². The molecule has 6 nitrogen and oxygen atoms in total. The van der Waals surface area contributed by atoms with Crippen LogP contribution in [0.3, 0.4) is 0 Å². The first-order valence-electron chi connectivity index (χ1n) is 6.98. The van der Waals surface area contributed by atoms with Crippen molar-refractivity contribution in [3.05, 3.63) is 54.1 Å². The predicted octanol–water partition coefficient (Wildman–Crippen LogP) is 1.23. The molecule has 0 bridgehead atoms. The minimum absolute atomic E-state index is 0.263. The van der Waals surface area contributed by atoms with E-state index in [1.807, 2.05) is 60.1 Å². The van der Waals surface area contributed by atoms with E-state index in [1.54, 1.807) is 0 Å². The van der Waals surface area contributed by atoms with E-state index in [4.69, 9.17) is 13.0 Å². The molecule has 0 aliphatic heterocycles. The van der Waals surface area contributed by atoms with Crippen molar-refractivity contribution in [3.8, 4) is 0 Å². The number of carbonyl (C=O) groups is 1. The number of aromatic carboxylic acids is 1. The van der Waals surface area contributed by atoms with Crippen molar-refractivity contribution < 1.29 is 40.6 Å². The van der Waals surface area contributed by atoms with Crippen LogP contribution in [0.2, 0.25) is 0 Å². The molecule has 0 aliphatic rings. The highest BCUT2D eigenvalue weighted by Gasteiger charge is 2.36. The second-order valence-corrected chi connectivity index (χ2v) is 6.53. The number of aromatic nitrogens is 1. The summed E-state index contributed by atoms with van der Waals surface area (Å²) in [5.41, 5.74) is -3.61.